The van der Waals surface area contributed by atoms with Gasteiger partial charge in [-0.1, -0.05) is 37.6 Å². The highest BCUT2D eigenvalue weighted by Crippen LogP contribution is 2.59. The Morgan fingerprint density at radius 1 is 1.05 bits per heavy atom. The van der Waals surface area contributed by atoms with Gasteiger partial charge < -0.3 is 5.11 Å². The molecule has 1 aromatic carbocycles. The van der Waals surface area contributed by atoms with Crippen molar-refractivity contribution in [2.24, 2.45) is 29.6 Å². The van der Waals surface area contributed by atoms with E-state index in [0.29, 0.717) is 5.92 Å². The predicted octanol–water partition coefficient (Wildman–Crippen LogP) is 4.74. The summed E-state index contributed by atoms with van der Waals surface area (Å²) in [6.45, 7) is 2.22. The molecule has 5 rings (SSSR count). The van der Waals surface area contributed by atoms with Crippen LogP contribution in [0.15, 0.2) is 24.3 Å². The Morgan fingerprint density at radius 2 is 1.71 bits per heavy atom. The van der Waals surface area contributed by atoms with Crippen LogP contribution in [-0.2, 0) is 6.42 Å². The van der Waals surface area contributed by atoms with Gasteiger partial charge in [0.25, 0.3) is 0 Å². The molecule has 1 nitrogen and oxygen atoms in total. The molecule has 1 aromatic rings. The summed E-state index contributed by atoms with van der Waals surface area (Å²) in [6, 6.07) is 8.75. The average Bonchev–Trinajstić information content (AvgIpc) is 2.46. The summed E-state index contributed by atoms with van der Waals surface area (Å²) >= 11 is 0. The standard InChI is InChI=1S/C20H28O/c1-2-4-13-5-3-6-16(8-13)20(21)19-17-9-14-7-15(11-17)12-18(19)10-14/h3,5-6,8,14-15,17-21H,2,4,7,9-12H2,1H3. The van der Waals surface area contributed by atoms with Crippen molar-refractivity contribution in [3.8, 4) is 0 Å². The quantitative estimate of drug-likeness (QED) is 0.846. The fourth-order valence-electron chi connectivity index (χ4n) is 5.93. The molecule has 0 amide bonds. The third-order valence-corrected chi connectivity index (χ3v) is 6.50. The number of rotatable bonds is 4. The van der Waals surface area contributed by atoms with Gasteiger partial charge in [0, 0.05) is 0 Å². The average molecular weight is 284 g/mol. The van der Waals surface area contributed by atoms with Crippen LogP contribution in [0.3, 0.4) is 0 Å². The lowest BCUT2D eigenvalue weighted by atomic mass is 9.50. The third kappa shape index (κ3) is 2.44. The topological polar surface area (TPSA) is 20.2 Å². The molecule has 4 aliphatic carbocycles. The Labute approximate surface area is 128 Å². The van der Waals surface area contributed by atoms with Crippen molar-refractivity contribution in [2.45, 2.75) is 58.0 Å². The van der Waals surface area contributed by atoms with Crippen LogP contribution >= 0.6 is 0 Å². The molecule has 1 heteroatoms. The van der Waals surface area contributed by atoms with Crippen LogP contribution in [0.1, 0.15) is 62.7 Å². The minimum absolute atomic E-state index is 0.225. The molecule has 1 atom stereocenters. The summed E-state index contributed by atoms with van der Waals surface area (Å²) in [6.07, 6.45) is 9.14. The maximum absolute atomic E-state index is 11.0. The van der Waals surface area contributed by atoms with Crippen molar-refractivity contribution < 1.29 is 5.11 Å². The molecule has 0 aromatic heterocycles. The minimum Gasteiger partial charge on any atom is -0.388 e. The maximum atomic E-state index is 11.0. The summed E-state index contributed by atoms with van der Waals surface area (Å²) in [5, 5.41) is 11.0. The molecule has 1 N–H and O–H groups in total. The second kappa shape index (κ2) is 5.43. The largest absolute Gasteiger partial charge is 0.388 e. The van der Waals surface area contributed by atoms with Gasteiger partial charge in [-0.25, -0.2) is 0 Å². The van der Waals surface area contributed by atoms with Crippen molar-refractivity contribution in [1.82, 2.24) is 0 Å². The summed E-state index contributed by atoms with van der Waals surface area (Å²) in [5.74, 6) is 4.11. The minimum atomic E-state index is -0.225. The molecule has 1 unspecified atom stereocenters. The number of aliphatic hydroxyl groups is 1. The molecule has 0 heterocycles. The summed E-state index contributed by atoms with van der Waals surface area (Å²) in [7, 11) is 0. The highest BCUT2D eigenvalue weighted by molar-refractivity contribution is 5.26. The van der Waals surface area contributed by atoms with Crippen LogP contribution in [0.4, 0.5) is 0 Å². The van der Waals surface area contributed by atoms with Gasteiger partial charge in [0.1, 0.15) is 0 Å². The van der Waals surface area contributed by atoms with Crippen LogP contribution in [-0.4, -0.2) is 5.11 Å². The zero-order valence-electron chi connectivity index (χ0n) is 13.2. The second-order valence-corrected chi connectivity index (χ2v) is 7.95. The van der Waals surface area contributed by atoms with Crippen LogP contribution < -0.4 is 0 Å². The van der Waals surface area contributed by atoms with Crippen LogP contribution in [0.2, 0.25) is 0 Å². The Bertz CT molecular complexity index is 478. The molecule has 0 spiro atoms. The fourth-order valence-corrected chi connectivity index (χ4v) is 5.93. The molecule has 114 valence electrons. The van der Waals surface area contributed by atoms with Crippen molar-refractivity contribution >= 4 is 0 Å². The molecule has 4 saturated carbocycles. The molecule has 0 radical (unpaired) electrons. The van der Waals surface area contributed by atoms with E-state index >= 15 is 0 Å². The van der Waals surface area contributed by atoms with Crippen LogP contribution in [0, 0.1) is 29.6 Å². The highest BCUT2D eigenvalue weighted by Gasteiger charge is 2.50. The molecule has 4 aliphatic rings. The van der Waals surface area contributed by atoms with E-state index in [9.17, 15) is 5.11 Å². The smallest absolute Gasteiger partial charge is 0.0823 e. The van der Waals surface area contributed by atoms with Crippen molar-refractivity contribution in [3.63, 3.8) is 0 Å². The zero-order chi connectivity index (χ0) is 14.4. The summed E-state index contributed by atoms with van der Waals surface area (Å²) < 4.78 is 0. The SMILES string of the molecule is CCCc1cccc(C(O)C2C3CC4CC(C3)CC2C4)c1. The van der Waals surface area contributed by atoms with E-state index in [-0.39, 0.29) is 6.10 Å². The Morgan fingerprint density at radius 3 is 2.33 bits per heavy atom. The Balaban J connectivity index is 1.57. The molecule has 0 saturated heterocycles. The van der Waals surface area contributed by atoms with E-state index in [1.165, 1.54) is 49.7 Å². The van der Waals surface area contributed by atoms with E-state index in [0.717, 1.165) is 30.1 Å². The molecule has 21 heavy (non-hydrogen) atoms. The molecule has 4 bridgehead atoms. The fraction of sp³-hybridized carbons (Fsp3) is 0.700. The first-order valence-electron chi connectivity index (χ1n) is 9.01. The number of hydrogen-bond acceptors (Lipinski definition) is 1. The van der Waals surface area contributed by atoms with E-state index in [1.54, 1.807) is 0 Å². The predicted molar refractivity (Wildman–Crippen MR) is 85.9 cm³/mol. The number of aliphatic hydroxyl groups excluding tert-OH is 1. The molecular weight excluding hydrogens is 256 g/mol. The van der Waals surface area contributed by atoms with Gasteiger partial charge >= 0.3 is 0 Å². The number of aryl methyl sites for hydroxylation is 1. The zero-order valence-corrected chi connectivity index (χ0v) is 13.2. The van der Waals surface area contributed by atoms with E-state index < -0.39 is 0 Å². The first kappa shape index (κ1) is 13.8. The monoisotopic (exact) mass is 284 g/mol. The van der Waals surface area contributed by atoms with Crippen LogP contribution in [0.5, 0.6) is 0 Å². The molecule has 0 aliphatic heterocycles. The van der Waals surface area contributed by atoms with Gasteiger partial charge in [0.15, 0.2) is 0 Å². The van der Waals surface area contributed by atoms with E-state index in [4.69, 9.17) is 0 Å². The Kier molecular flexibility index (Phi) is 3.57. The maximum Gasteiger partial charge on any atom is 0.0823 e. The van der Waals surface area contributed by atoms with Crippen molar-refractivity contribution in [3.05, 3.63) is 35.4 Å². The van der Waals surface area contributed by atoms with Gasteiger partial charge in [0.2, 0.25) is 0 Å². The number of benzene rings is 1. The van der Waals surface area contributed by atoms with Crippen molar-refractivity contribution in [2.75, 3.05) is 0 Å². The van der Waals surface area contributed by atoms with Gasteiger partial charge in [0.05, 0.1) is 6.10 Å². The molecule has 4 fully saturated rings. The lowest BCUT2D eigenvalue weighted by Crippen LogP contribution is -2.47. The first-order valence-corrected chi connectivity index (χ1v) is 9.01. The highest BCUT2D eigenvalue weighted by atomic mass is 16.3. The summed E-state index contributed by atoms with van der Waals surface area (Å²) in [5.41, 5.74) is 2.57. The second-order valence-electron chi connectivity index (χ2n) is 7.95. The van der Waals surface area contributed by atoms with Crippen LogP contribution in [0.25, 0.3) is 0 Å². The van der Waals surface area contributed by atoms with Gasteiger partial charge in [-0.05, 0) is 79.2 Å². The van der Waals surface area contributed by atoms with Crippen molar-refractivity contribution in [1.29, 1.82) is 0 Å². The number of hydrogen-bond donors (Lipinski definition) is 1. The van der Waals surface area contributed by atoms with E-state index in [1.807, 2.05) is 0 Å². The Hall–Kier alpha value is -0.820. The van der Waals surface area contributed by atoms with Gasteiger partial charge in [-0.2, -0.15) is 0 Å². The normalized spacial score (nSPS) is 38.7. The lowest BCUT2D eigenvalue weighted by Gasteiger charge is -2.55. The van der Waals surface area contributed by atoms with Gasteiger partial charge in [-0.3, -0.25) is 0 Å². The summed E-state index contributed by atoms with van der Waals surface area (Å²) in [4.78, 5) is 0. The first-order chi connectivity index (χ1) is 10.2. The molecular formula is C20H28O. The van der Waals surface area contributed by atoms with E-state index in [2.05, 4.69) is 31.2 Å². The third-order valence-electron chi connectivity index (χ3n) is 6.50. The lowest BCUT2D eigenvalue weighted by molar-refractivity contribution is -0.0908. The van der Waals surface area contributed by atoms with Gasteiger partial charge in [-0.15, -0.1) is 0 Å².